The van der Waals surface area contributed by atoms with Crippen molar-refractivity contribution in [3.63, 3.8) is 0 Å². The van der Waals surface area contributed by atoms with Crippen molar-refractivity contribution in [1.29, 1.82) is 0 Å². The Kier molecular flexibility index (Phi) is 6.52. The van der Waals surface area contributed by atoms with Crippen LogP contribution in [0, 0.1) is 0 Å². The molecule has 0 saturated heterocycles. The third-order valence-electron chi connectivity index (χ3n) is 2.93. The van der Waals surface area contributed by atoms with Crippen molar-refractivity contribution in [2.45, 2.75) is 32.8 Å². The smallest absolute Gasteiger partial charge is 0.337 e. The molecule has 1 unspecified atom stereocenters. The molecule has 0 radical (unpaired) electrons. The number of esters is 1. The van der Waals surface area contributed by atoms with E-state index in [9.17, 15) is 9.59 Å². The average molecular weight is 294 g/mol. The zero-order chi connectivity index (χ0) is 15.8. The number of anilines is 1. The van der Waals surface area contributed by atoms with Gasteiger partial charge in [-0.05, 0) is 31.5 Å². The summed E-state index contributed by atoms with van der Waals surface area (Å²) < 4.78 is 10.1. The van der Waals surface area contributed by atoms with E-state index in [2.05, 4.69) is 17.0 Å². The SMILES string of the molecule is CCCCNC(=O)C(C)Oc1ccc(C(=O)OC)cc1N. The molecule has 21 heavy (non-hydrogen) atoms. The summed E-state index contributed by atoms with van der Waals surface area (Å²) >= 11 is 0. The van der Waals surface area contributed by atoms with E-state index in [1.54, 1.807) is 19.1 Å². The van der Waals surface area contributed by atoms with Crippen LogP contribution in [0.1, 0.15) is 37.0 Å². The Labute approximate surface area is 124 Å². The largest absolute Gasteiger partial charge is 0.479 e. The number of carbonyl (C=O) groups is 2. The Bertz CT molecular complexity index is 502. The second kappa shape index (κ2) is 8.14. The number of ether oxygens (including phenoxy) is 2. The van der Waals surface area contributed by atoms with Crippen molar-refractivity contribution < 1.29 is 19.1 Å². The molecule has 3 N–H and O–H groups in total. The molecule has 0 saturated carbocycles. The maximum Gasteiger partial charge on any atom is 0.337 e. The fraction of sp³-hybridized carbons (Fsp3) is 0.467. The van der Waals surface area contributed by atoms with Crippen molar-refractivity contribution in [1.82, 2.24) is 5.32 Å². The normalized spacial score (nSPS) is 11.6. The molecule has 1 amide bonds. The van der Waals surface area contributed by atoms with Crippen molar-refractivity contribution in [2.24, 2.45) is 0 Å². The third-order valence-corrected chi connectivity index (χ3v) is 2.93. The minimum absolute atomic E-state index is 0.195. The summed E-state index contributed by atoms with van der Waals surface area (Å²) in [5.74, 6) is -0.306. The molecule has 0 aliphatic rings. The standard InChI is InChI=1S/C15H22N2O4/c1-4-5-8-17-14(18)10(2)21-13-7-6-11(9-12(13)16)15(19)20-3/h6-7,9-10H,4-5,8,16H2,1-3H3,(H,17,18). The molecule has 6 nitrogen and oxygen atoms in total. The van der Waals surface area contributed by atoms with Crippen LogP contribution < -0.4 is 15.8 Å². The maximum atomic E-state index is 11.8. The van der Waals surface area contributed by atoms with E-state index in [4.69, 9.17) is 10.5 Å². The van der Waals surface area contributed by atoms with E-state index in [1.165, 1.54) is 13.2 Å². The van der Waals surface area contributed by atoms with Crippen molar-refractivity contribution >= 4 is 17.6 Å². The molecule has 1 atom stereocenters. The fourth-order valence-corrected chi connectivity index (χ4v) is 1.68. The highest BCUT2D eigenvalue weighted by Crippen LogP contribution is 2.24. The number of methoxy groups -OCH3 is 1. The number of benzene rings is 1. The number of nitrogen functional groups attached to an aromatic ring is 1. The van der Waals surface area contributed by atoms with Crippen LogP contribution in [0.3, 0.4) is 0 Å². The van der Waals surface area contributed by atoms with Crippen LogP contribution in [0.4, 0.5) is 5.69 Å². The number of amides is 1. The monoisotopic (exact) mass is 294 g/mol. The van der Waals surface area contributed by atoms with Gasteiger partial charge in [0.2, 0.25) is 0 Å². The highest BCUT2D eigenvalue weighted by Gasteiger charge is 2.16. The molecular weight excluding hydrogens is 272 g/mol. The first kappa shape index (κ1) is 16.8. The van der Waals surface area contributed by atoms with E-state index in [0.717, 1.165) is 12.8 Å². The lowest BCUT2D eigenvalue weighted by molar-refractivity contribution is -0.127. The summed E-state index contributed by atoms with van der Waals surface area (Å²) in [5, 5.41) is 2.78. The lowest BCUT2D eigenvalue weighted by Gasteiger charge is -2.16. The van der Waals surface area contributed by atoms with Gasteiger partial charge in [0.05, 0.1) is 18.4 Å². The lowest BCUT2D eigenvalue weighted by Crippen LogP contribution is -2.36. The maximum absolute atomic E-state index is 11.8. The predicted octanol–water partition coefficient (Wildman–Crippen LogP) is 1.74. The van der Waals surface area contributed by atoms with Gasteiger partial charge in [-0.2, -0.15) is 0 Å². The summed E-state index contributed by atoms with van der Waals surface area (Å²) in [6.45, 7) is 4.32. The summed E-state index contributed by atoms with van der Waals surface area (Å²) in [6, 6.07) is 4.56. The Hall–Kier alpha value is -2.24. The van der Waals surface area contributed by atoms with Gasteiger partial charge in [0.25, 0.3) is 5.91 Å². The van der Waals surface area contributed by atoms with E-state index < -0.39 is 12.1 Å². The first-order valence-corrected chi connectivity index (χ1v) is 6.91. The van der Waals surface area contributed by atoms with Gasteiger partial charge in [-0.25, -0.2) is 4.79 Å². The number of nitrogens with two attached hydrogens (primary N) is 1. The number of nitrogens with one attached hydrogen (secondary N) is 1. The second-order valence-corrected chi connectivity index (χ2v) is 4.65. The van der Waals surface area contributed by atoms with Gasteiger partial charge in [-0.3, -0.25) is 4.79 Å². The quantitative estimate of drug-likeness (QED) is 0.454. The second-order valence-electron chi connectivity index (χ2n) is 4.65. The first-order chi connectivity index (χ1) is 9.99. The minimum Gasteiger partial charge on any atom is -0.479 e. The number of carbonyl (C=O) groups excluding carboxylic acids is 2. The molecule has 0 bridgehead atoms. The van der Waals surface area contributed by atoms with Crippen LogP contribution >= 0.6 is 0 Å². The molecule has 6 heteroatoms. The summed E-state index contributed by atoms with van der Waals surface area (Å²) in [5.41, 5.74) is 6.44. The number of rotatable bonds is 7. The topological polar surface area (TPSA) is 90.6 Å². The van der Waals surface area contributed by atoms with Crippen LogP contribution in [0.15, 0.2) is 18.2 Å². The van der Waals surface area contributed by atoms with E-state index in [1.807, 2.05) is 0 Å². The molecule has 0 aromatic heterocycles. The van der Waals surface area contributed by atoms with Crippen molar-refractivity contribution in [3.8, 4) is 5.75 Å². The molecule has 0 aliphatic carbocycles. The van der Waals surface area contributed by atoms with E-state index in [-0.39, 0.29) is 11.6 Å². The van der Waals surface area contributed by atoms with Gasteiger partial charge in [0.1, 0.15) is 5.75 Å². The molecule has 0 aliphatic heterocycles. The van der Waals surface area contributed by atoms with Gasteiger partial charge >= 0.3 is 5.97 Å². The zero-order valence-electron chi connectivity index (χ0n) is 12.6. The van der Waals surface area contributed by atoms with Crippen LogP contribution in [-0.4, -0.2) is 31.6 Å². The number of hydrogen-bond acceptors (Lipinski definition) is 5. The first-order valence-electron chi connectivity index (χ1n) is 6.91. The Morgan fingerprint density at radius 1 is 1.38 bits per heavy atom. The molecule has 1 aromatic carbocycles. The molecule has 0 fully saturated rings. The highest BCUT2D eigenvalue weighted by molar-refractivity contribution is 5.91. The molecule has 0 heterocycles. The van der Waals surface area contributed by atoms with Crippen molar-refractivity contribution in [3.05, 3.63) is 23.8 Å². The molecule has 0 spiro atoms. The molecule has 1 aromatic rings. The third kappa shape index (κ3) is 4.98. The Morgan fingerprint density at radius 3 is 2.67 bits per heavy atom. The highest BCUT2D eigenvalue weighted by atomic mass is 16.5. The van der Waals surface area contributed by atoms with Crippen molar-refractivity contribution in [2.75, 3.05) is 19.4 Å². The van der Waals surface area contributed by atoms with Crippen LogP contribution in [0.5, 0.6) is 5.75 Å². The summed E-state index contributed by atoms with van der Waals surface area (Å²) in [6.07, 6.45) is 1.28. The van der Waals surface area contributed by atoms with Crippen LogP contribution in [-0.2, 0) is 9.53 Å². The zero-order valence-corrected chi connectivity index (χ0v) is 12.6. The minimum atomic E-state index is -0.659. The van der Waals surface area contributed by atoms with Gasteiger partial charge in [-0.15, -0.1) is 0 Å². The lowest BCUT2D eigenvalue weighted by atomic mass is 10.2. The predicted molar refractivity (Wildman–Crippen MR) is 80.2 cm³/mol. The number of hydrogen-bond donors (Lipinski definition) is 2. The van der Waals surface area contributed by atoms with Gasteiger partial charge in [-0.1, -0.05) is 13.3 Å². The average Bonchev–Trinajstić information content (AvgIpc) is 2.48. The fourth-order valence-electron chi connectivity index (χ4n) is 1.68. The van der Waals surface area contributed by atoms with Gasteiger partial charge in [0.15, 0.2) is 6.10 Å². The summed E-state index contributed by atoms with van der Waals surface area (Å²) in [4.78, 5) is 23.2. The van der Waals surface area contributed by atoms with E-state index in [0.29, 0.717) is 17.9 Å². The molecule has 1 rings (SSSR count). The van der Waals surface area contributed by atoms with E-state index >= 15 is 0 Å². The Balaban J connectivity index is 2.66. The summed E-state index contributed by atoms with van der Waals surface area (Å²) in [7, 11) is 1.30. The van der Waals surface area contributed by atoms with Crippen LogP contribution in [0.25, 0.3) is 0 Å². The number of unbranched alkanes of at least 4 members (excludes halogenated alkanes) is 1. The molecule has 116 valence electrons. The Morgan fingerprint density at radius 2 is 2.10 bits per heavy atom. The van der Waals surface area contributed by atoms with Gasteiger partial charge < -0.3 is 20.5 Å². The molecular formula is C15H22N2O4. The van der Waals surface area contributed by atoms with Crippen LogP contribution in [0.2, 0.25) is 0 Å². The van der Waals surface area contributed by atoms with Gasteiger partial charge in [0, 0.05) is 6.54 Å².